The van der Waals surface area contributed by atoms with Crippen molar-refractivity contribution in [3.63, 3.8) is 0 Å². The molecular weight excluding hydrogens is 245 g/mol. The van der Waals surface area contributed by atoms with Gasteiger partial charge in [0.15, 0.2) is 0 Å². The summed E-state index contributed by atoms with van der Waals surface area (Å²) in [6, 6.07) is 4.24. The molecule has 0 aromatic carbocycles. The van der Waals surface area contributed by atoms with Crippen LogP contribution in [0.3, 0.4) is 0 Å². The van der Waals surface area contributed by atoms with Crippen molar-refractivity contribution in [1.29, 1.82) is 0 Å². The maximum absolute atomic E-state index is 9.75. The minimum atomic E-state index is -6.00. The second-order valence-corrected chi connectivity index (χ2v) is 4.13. The zero-order valence-electron chi connectivity index (χ0n) is 10.8. The summed E-state index contributed by atoms with van der Waals surface area (Å²) >= 11 is 0. The topological polar surface area (TPSA) is 12.9 Å². The van der Waals surface area contributed by atoms with Gasteiger partial charge in [-0.2, -0.15) is 0 Å². The van der Waals surface area contributed by atoms with E-state index >= 15 is 0 Å². The summed E-state index contributed by atoms with van der Waals surface area (Å²) in [5.74, 6) is 0. The molecule has 0 amide bonds. The largest absolute Gasteiger partial charge is 0.673 e. The highest BCUT2D eigenvalue weighted by Gasteiger charge is 2.20. The molecule has 1 aromatic heterocycles. The first-order valence-electron chi connectivity index (χ1n) is 6.11. The summed E-state index contributed by atoms with van der Waals surface area (Å²) in [4.78, 5) is 4.34. The van der Waals surface area contributed by atoms with E-state index in [4.69, 9.17) is 0 Å². The number of unbranched alkanes of at least 4 members (excludes halogenated alkanes) is 3. The highest BCUT2D eigenvalue weighted by Crippen LogP contribution is 2.07. The van der Waals surface area contributed by atoms with Crippen LogP contribution < -0.4 is 0 Å². The first-order valence-corrected chi connectivity index (χ1v) is 6.11. The number of rotatable bonds is 5. The Morgan fingerprint density at radius 3 is 2.22 bits per heavy atom. The molecule has 104 valence electrons. The molecular formula is C12H19BF4N-. The Hall–Kier alpha value is -1.07. The monoisotopic (exact) mass is 264 g/mol. The van der Waals surface area contributed by atoms with Crippen LogP contribution in [0.4, 0.5) is 17.3 Å². The molecule has 0 aliphatic heterocycles. The summed E-state index contributed by atoms with van der Waals surface area (Å²) in [7, 11) is -6.00. The van der Waals surface area contributed by atoms with Gasteiger partial charge in [-0.25, -0.2) is 0 Å². The van der Waals surface area contributed by atoms with Crippen molar-refractivity contribution in [2.24, 2.45) is 0 Å². The van der Waals surface area contributed by atoms with E-state index in [9.17, 15) is 17.3 Å². The highest BCUT2D eigenvalue weighted by atomic mass is 19.5. The van der Waals surface area contributed by atoms with Gasteiger partial charge in [0.25, 0.3) is 0 Å². The molecule has 0 aliphatic rings. The number of aromatic nitrogens is 1. The van der Waals surface area contributed by atoms with E-state index in [1.807, 2.05) is 6.20 Å². The van der Waals surface area contributed by atoms with E-state index in [1.165, 1.54) is 36.9 Å². The lowest BCUT2D eigenvalue weighted by atomic mass is 10.1. The number of halogens is 4. The van der Waals surface area contributed by atoms with E-state index in [1.54, 1.807) is 0 Å². The Bertz CT molecular complexity index is 322. The number of pyridine rings is 1. The van der Waals surface area contributed by atoms with Gasteiger partial charge in [-0.1, -0.05) is 26.2 Å². The fourth-order valence-corrected chi connectivity index (χ4v) is 1.47. The van der Waals surface area contributed by atoms with Gasteiger partial charge in [0.05, 0.1) is 0 Å². The normalized spacial score (nSPS) is 10.8. The Balaban J connectivity index is 0.000000494. The van der Waals surface area contributed by atoms with Gasteiger partial charge in [0.2, 0.25) is 0 Å². The van der Waals surface area contributed by atoms with E-state index < -0.39 is 7.25 Å². The van der Waals surface area contributed by atoms with Crippen molar-refractivity contribution in [1.82, 2.24) is 4.98 Å². The molecule has 18 heavy (non-hydrogen) atoms. The Labute approximate surface area is 106 Å². The van der Waals surface area contributed by atoms with E-state index in [2.05, 4.69) is 31.0 Å². The van der Waals surface area contributed by atoms with Crippen LogP contribution in [0.5, 0.6) is 0 Å². The van der Waals surface area contributed by atoms with Crippen LogP contribution in [0, 0.1) is 6.92 Å². The molecule has 0 saturated carbocycles. The SMILES string of the molecule is CCCCCCc1cc(C)ccn1.F[B-](F)(F)F. The Kier molecular flexibility index (Phi) is 8.41. The van der Waals surface area contributed by atoms with Crippen LogP contribution in [-0.2, 0) is 6.42 Å². The van der Waals surface area contributed by atoms with Gasteiger partial charge in [0.1, 0.15) is 0 Å². The van der Waals surface area contributed by atoms with Crippen LogP contribution in [-0.4, -0.2) is 12.2 Å². The summed E-state index contributed by atoms with van der Waals surface area (Å²) in [6.45, 7) is 4.36. The zero-order chi connectivity index (χ0) is 14.0. The van der Waals surface area contributed by atoms with Crippen molar-refractivity contribution in [2.75, 3.05) is 0 Å². The fraction of sp³-hybridized carbons (Fsp3) is 0.583. The number of hydrogen-bond acceptors (Lipinski definition) is 1. The standard InChI is InChI=1S/C12H19N.BF4/c1-3-4-5-6-7-12-10-11(2)8-9-13-12;2-1(3,4)5/h8-10H,3-7H2,1-2H3;/q;-1. The molecule has 0 spiro atoms. The van der Waals surface area contributed by atoms with Gasteiger partial charge in [-0.15, -0.1) is 0 Å². The molecule has 0 saturated heterocycles. The van der Waals surface area contributed by atoms with E-state index in [0.29, 0.717) is 0 Å². The van der Waals surface area contributed by atoms with Gasteiger partial charge in [0, 0.05) is 11.9 Å². The second kappa shape index (κ2) is 8.94. The molecule has 0 N–H and O–H groups in total. The third-order valence-electron chi connectivity index (χ3n) is 2.26. The maximum atomic E-state index is 9.75. The highest BCUT2D eigenvalue weighted by molar-refractivity contribution is 6.50. The Morgan fingerprint density at radius 2 is 1.72 bits per heavy atom. The van der Waals surface area contributed by atoms with E-state index in [-0.39, 0.29) is 0 Å². The van der Waals surface area contributed by atoms with Crippen molar-refractivity contribution < 1.29 is 17.3 Å². The van der Waals surface area contributed by atoms with Crippen molar-refractivity contribution in [3.05, 3.63) is 29.6 Å². The van der Waals surface area contributed by atoms with Crippen molar-refractivity contribution in [2.45, 2.75) is 46.0 Å². The predicted molar refractivity (Wildman–Crippen MR) is 67.0 cm³/mol. The first kappa shape index (κ1) is 16.9. The molecule has 0 aliphatic carbocycles. The van der Waals surface area contributed by atoms with Crippen LogP contribution >= 0.6 is 0 Å². The molecule has 0 unspecified atom stereocenters. The van der Waals surface area contributed by atoms with Crippen molar-refractivity contribution in [3.8, 4) is 0 Å². The van der Waals surface area contributed by atoms with Gasteiger partial charge < -0.3 is 17.3 Å². The van der Waals surface area contributed by atoms with Crippen LogP contribution in [0.25, 0.3) is 0 Å². The molecule has 1 aromatic rings. The molecule has 1 nitrogen and oxygen atoms in total. The number of hydrogen-bond donors (Lipinski definition) is 0. The number of aryl methyl sites for hydroxylation is 2. The smallest absolute Gasteiger partial charge is 0.418 e. The average molecular weight is 264 g/mol. The summed E-state index contributed by atoms with van der Waals surface area (Å²) in [5.41, 5.74) is 2.57. The number of nitrogens with zero attached hydrogens (tertiary/aromatic N) is 1. The molecule has 0 radical (unpaired) electrons. The third kappa shape index (κ3) is 13.0. The summed E-state index contributed by atoms with van der Waals surface area (Å²) < 4.78 is 39.0. The van der Waals surface area contributed by atoms with Gasteiger partial charge in [-0.05, 0) is 37.5 Å². The molecule has 1 rings (SSSR count). The van der Waals surface area contributed by atoms with Crippen LogP contribution in [0.2, 0.25) is 0 Å². The molecule has 0 bridgehead atoms. The van der Waals surface area contributed by atoms with Crippen LogP contribution in [0.1, 0.15) is 43.9 Å². The maximum Gasteiger partial charge on any atom is 0.673 e. The summed E-state index contributed by atoms with van der Waals surface area (Å²) in [5, 5.41) is 0. The van der Waals surface area contributed by atoms with Gasteiger partial charge in [-0.3, -0.25) is 4.98 Å². The zero-order valence-corrected chi connectivity index (χ0v) is 10.8. The van der Waals surface area contributed by atoms with Crippen LogP contribution in [0.15, 0.2) is 18.3 Å². The minimum absolute atomic E-state index is 1.14. The lowest BCUT2D eigenvalue weighted by Crippen LogP contribution is -2.02. The van der Waals surface area contributed by atoms with E-state index in [0.717, 1.165) is 6.42 Å². The molecule has 0 atom stereocenters. The predicted octanol–water partition coefficient (Wildman–Crippen LogP) is 4.81. The van der Waals surface area contributed by atoms with Gasteiger partial charge >= 0.3 is 7.25 Å². The summed E-state index contributed by atoms with van der Waals surface area (Å²) in [6.07, 6.45) is 8.33. The Morgan fingerprint density at radius 1 is 1.11 bits per heavy atom. The molecule has 1 heterocycles. The molecule has 6 heteroatoms. The molecule has 0 fully saturated rings. The lowest BCUT2D eigenvalue weighted by Gasteiger charge is -2.00. The quantitative estimate of drug-likeness (QED) is 0.422. The van der Waals surface area contributed by atoms with Crippen molar-refractivity contribution >= 4 is 7.25 Å². The lowest BCUT2D eigenvalue weighted by molar-refractivity contribution is 0.368. The second-order valence-electron chi connectivity index (χ2n) is 4.13. The first-order chi connectivity index (χ1) is 8.33. The third-order valence-corrected chi connectivity index (χ3v) is 2.26. The fourth-order valence-electron chi connectivity index (χ4n) is 1.47. The average Bonchev–Trinajstić information content (AvgIpc) is 2.22. The minimum Gasteiger partial charge on any atom is -0.418 e.